The molecule has 0 saturated heterocycles. The summed E-state index contributed by atoms with van der Waals surface area (Å²) < 4.78 is 0. The molecule has 0 spiro atoms. The topological polar surface area (TPSA) is 104 Å². The van der Waals surface area contributed by atoms with Crippen LogP contribution in [0.2, 0.25) is 0 Å². The predicted octanol–water partition coefficient (Wildman–Crippen LogP) is -2.08. The van der Waals surface area contributed by atoms with Crippen LogP contribution < -0.4 is 5.73 Å². The minimum Gasteiger partial charge on any atom is -0.395 e. The smallest absolute Gasteiger partial charge is 0.235 e. The van der Waals surface area contributed by atoms with E-state index in [9.17, 15) is 9.59 Å². The Bertz CT molecular complexity index is 202. The van der Waals surface area contributed by atoms with Crippen LogP contribution in [0.4, 0.5) is 0 Å². The standard InChI is InChI=1S/C8H16N2O4/c1-6(7(9)13)8(14)10(2-4-11)3-5-12/h6,11-12H,2-5H2,1H3,(H2,9,13). The summed E-state index contributed by atoms with van der Waals surface area (Å²) in [7, 11) is 0. The SMILES string of the molecule is CC(C(N)=O)C(=O)N(CCO)CCO. The Balaban J connectivity index is 4.33. The van der Waals surface area contributed by atoms with Crippen LogP contribution in [-0.2, 0) is 9.59 Å². The number of rotatable bonds is 6. The van der Waals surface area contributed by atoms with Gasteiger partial charge in [-0.25, -0.2) is 0 Å². The average molecular weight is 204 g/mol. The first-order valence-corrected chi connectivity index (χ1v) is 4.34. The Hall–Kier alpha value is -1.14. The number of carbonyl (C=O) groups is 2. The summed E-state index contributed by atoms with van der Waals surface area (Å²) in [6.07, 6.45) is 0. The maximum absolute atomic E-state index is 11.5. The lowest BCUT2D eigenvalue weighted by Crippen LogP contribution is -2.43. The zero-order valence-corrected chi connectivity index (χ0v) is 8.14. The van der Waals surface area contributed by atoms with Crippen molar-refractivity contribution in [1.29, 1.82) is 0 Å². The molecule has 1 unspecified atom stereocenters. The molecule has 0 fully saturated rings. The van der Waals surface area contributed by atoms with Crippen LogP contribution in [0.15, 0.2) is 0 Å². The number of nitrogens with zero attached hydrogens (tertiary/aromatic N) is 1. The molecule has 82 valence electrons. The van der Waals surface area contributed by atoms with Gasteiger partial charge >= 0.3 is 0 Å². The van der Waals surface area contributed by atoms with Crippen molar-refractivity contribution in [3.05, 3.63) is 0 Å². The zero-order valence-electron chi connectivity index (χ0n) is 8.14. The van der Waals surface area contributed by atoms with Crippen molar-refractivity contribution in [2.75, 3.05) is 26.3 Å². The molecule has 0 bridgehead atoms. The number of carbonyl (C=O) groups excluding carboxylic acids is 2. The van der Waals surface area contributed by atoms with Crippen LogP contribution in [0, 0.1) is 5.92 Å². The summed E-state index contributed by atoms with van der Waals surface area (Å²) in [6, 6.07) is 0. The highest BCUT2D eigenvalue weighted by atomic mass is 16.3. The number of aliphatic hydroxyl groups excluding tert-OH is 2. The van der Waals surface area contributed by atoms with Gasteiger partial charge in [-0.15, -0.1) is 0 Å². The van der Waals surface area contributed by atoms with E-state index in [0.29, 0.717) is 0 Å². The Labute approximate surface area is 82.3 Å². The Morgan fingerprint density at radius 1 is 1.29 bits per heavy atom. The minimum absolute atomic E-state index is 0.0943. The molecule has 0 saturated carbocycles. The monoisotopic (exact) mass is 204 g/mol. The highest BCUT2D eigenvalue weighted by molar-refractivity contribution is 5.99. The first kappa shape index (κ1) is 12.9. The lowest BCUT2D eigenvalue weighted by Gasteiger charge is -2.22. The van der Waals surface area contributed by atoms with Crippen molar-refractivity contribution >= 4 is 11.8 Å². The molecule has 4 N–H and O–H groups in total. The van der Waals surface area contributed by atoms with Gasteiger partial charge in [0, 0.05) is 13.1 Å². The van der Waals surface area contributed by atoms with Crippen LogP contribution in [-0.4, -0.2) is 53.2 Å². The summed E-state index contributed by atoms with van der Waals surface area (Å²) >= 11 is 0. The van der Waals surface area contributed by atoms with Gasteiger partial charge < -0.3 is 20.8 Å². The van der Waals surface area contributed by atoms with E-state index < -0.39 is 17.7 Å². The molecule has 14 heavy (non-hydrogen) atoms. The number of hydrogen-bond acceptors (Lipinski definition) is 4. The minimum atomic E-state index is -0.923. The lowest BCUT2D eigenvalue weighted by molar-refractivity contribution is -0.141. The van der Waals surface area contributed by atoms with Gasteiger partial charge in [0.25, 0.3) is 0 Å². The number of hydrogen-bond donors (Lipinski definition) is 3. The molecular formula is C8H16N2O4. The fourth-order valence-corrected chi connectivity index (χ4v) is 0.969. The molecule has 0 aliphatic carbocycles. The van der Waals surface area contributed by atoms with Crippen molar-refractivity contribution in [3.63, 3.8) is 0 Å². The van der Waals surface area contributed by atoms with Crippen LogP contribution >= 0.6 is 0 Å². The van der Waals surface area contributed by atoms with Gasteiger partial charge in [0.1, 0.15) is 5.92 Å². The van der Waals surface area contributed by atoms with Crippen molar-refractivity contribution in [3.8, 4) is 0 Å². The van der Waals surface area contributed by atoms with E-state index in [1.165, 1.54) is 11.8 Å². The third kappa shape index (κ3) is 3.71. The normalized spacial score (nSPS) is 12.2. The van der Waals surface area contributed by atoms with Crippen molar-refractivity contribution in [2.24, 2.45) is 11.7 Å². The summed E-state index contributed by atoms with van der Waals surface area (Å²) in [5.74, 6) is -2.11. The maximum Gasteiger partial charge on any atom is 0.235 e. The maximum atomic E-state index is 11.5. The molecule has 1 atom stereocenters. The van der Waals surface area contributed by atoms with E-state index in [1.54, 1.807) is 0 Å². The fourth-order valence-electron chi connectivity index (χ4n) is 0.969. The quantitative estimate of drug-likeness (QED) is 0.432. The third-order valence-corrected chi connectivity index (χ3v) is 1.85. The van der Waals surface area contributed by atoms with Crippen LogP contribution in [0.25, 0.3) is 0 Å². The molecule has 0 aliphatic rings. The number of nitrogens with two attached hydrogens (primary N) is 1. The zero-order chi connectivity index (χ0) is 11.1. The third-order valence-electron chi connectivity index (χ3n) is 1.85. The second-order valence-corrected chi connectivity index (χ2v) is 2.90. The van der Waals surface area contributed by atoms with Crippen LogP contribution in [0.3, 0.4) is 0 Å². The average Bonchev–Trinajstić information content (AvgIpc) is 2.15. The van der Waals surface area contributed by atoms with Crippen LogP contribution in [0.1, 0.15) is 6.92 Å². The number of aliphatic hydroxyl groups is 2. The molecule has 0 radical (unpaired) electrons. The molecule has 0 heterocycles. The highest BCUT2D eigenvalue weighted by Crippen LogP contribution is 2.01. The summed E-state index contributed by atoms with van der Waals surface area (Å²) in [6.45, 7) is 1.16. The first-order valence-electron chi connectivity index (χ1n) is 4.34. The Kier molecular flexibility index (Phi) is 5.82. The van der Waals surface area contributed by atoms with Gasteiger partial charge in [-0.3, -0.25) is 9.59 Å². The van der Waals surface area contributed by atoms with Crippen LogP contribution in [0.5, 0.6) is 0 Å². The lowest BCUT2D eigenvalue weighted by atomic mass is 10.1. The van der Waals surface area contributed by atoms with Gasteiger partial charge in [-0.05, 0) is 6.92 Å². The molecule has 0 aromatic rings. The second kappa shape index (κ2) is 6.33. The van der Waals surface area contributed by atoms with Gasteiger partial charge in [0.05, 0.1) is 13.2 Å². The van der Waals surface area contributed by atoms with Gasteiger partial charge in [-0.1, -0.05) is 0 Å². The largest absolute Gasteiger partial charge is 0.395 e. The van der Waals surface area contributed by atoms with Gasteiger partial charge in [0.15, 0.2) is 0 Å². The molecular weight excluding hydrogens is 188 g/mol. The van der Waals surface area contributed by atoms with Gasteiger partial charge in [-0.2, -0.15) is 0 Å². The molecule has 0 aliphatic heterocycles. The fraction of sp³-hybridized carbons (Fsp3) is 0.750. The first-order chi connectivity index (χ1) is 6.54. The van der Waals surface area contributed by atoms with E-state index in [0.717, 1.165) is 0 Å². The molecule has 6 nitrogen and oxygen atoms in total. The summed E-state index contributed by atoms with van der Waals surface area (Å²) in [4.78, 5) is 23.4. The molecule has 2 amide bonds. The molecule has 0 rings (SSSR count). The molecule has 0 aromatic heterocycles. The molecule has 0 aromatic carbocycles. The second-order valence-electron chi connectivity index (χ2n) is 2.90. The summed E-state index contributed by atoms with van der Waals surface area (Å²) in [5, 5.41) is 17.3. The number of amides is 2. The van der Waals surface area contributed by atoms with Crippen molar-refractivity contribution < 1.29 is 19.8 Å². The van der Waals surface area contributed by atoms with Crippen molar-refractivity contribution in [1.82, 2.24) is 4.90 Å². The van der Waals surface area contributed by atoms with E-state index in [2.05, 4.69) is 0 Å². The van der Waals surface area contributed by atoms with E-state index >= 15 is 0 Å². The van der Waals surface area contributed by atoms with E-state index in [1.807, 2.05) is 0 Å². The predicted molar refractivity (Wildman–Crippen MR) is 49.1 cm³/mol. The van der Waals surface area contributed by atoms with Gasteiger partial charge in [0.2, 0.25) is 11.8 Å². The summed E-state index contributed by atoms with van der Waals surface area (Å²) in [5.41, 5.74) is 4.96. The number of primary amides is 1. The Morgan fingerprint density at radius 2 is 1.71 bits per heavy atom. The van der Waals surface area contributed by atoms with Crippen molar-refractivity contribution in [2.45, 2.75) is 6.92 Å². The van der Waals surface area contributed by atoms with E-state index in [4.69, 9.17) is 15.9 Å². The van der Waals surface area contributed by atoms with E-state index in [-0.39, 0.29) is 26.3 Å². The molecule has 6 heteroatoms. The Morgan fingerprint density at radius 3 is 2.00 bits per heavy atom. The highest BCUT2D eigenvalue weighted by Gasteiger charge is 2.23.